The molecule has 2 unspecified atom stereocenters. The van der Waals surface area contributed by atoms with Crippen molar-refractivity contribution in [1.82, 2.24) is 0 Å². The maximum Gasteiger partial charge on any atom is 1.00 e. The van der Waals surface area contributed by atoms with Gasteiger partial charge in [0.05, 0.1) is 6.10 Å². The summed E-state index contributed by atoms with van der Waals surface area (Å²) in [5.41, 5.74) is 0. The number of aliphatic hydroxyl groups is 1. The molecule has 0 fully saturated rings. The smallest absolute Gasteiger partial charge is 0.726 e. The van der Waals surface area contributed by atoms with Crippen LogP contribution >= 0.6 is 0 Å². The highest BCUT2D eigenvalue weighted by atomic mass is 32.3. The second kappa shape index (κ2) is 12.6. The Balaban J connectivity index is -0.000000465. The molecule has 0 saturated carbocycles. The molecule has 20 heavy (non-hydrogen) atoms. The lowest BCUT2D eigenvalue weighted by atomic mass is 9.91. The molecule has 0 amide bonds. The van der Waals surface area contributed by atoms with E-state index >= 15 is 0 Å². The van der Waals surface area contributed by atoms with E-state index in [0.29, 0.717) is 5.92 Å². The SMILES string of the molecule is CCCCC(CC)CCC(O)CC(C)C.O=S(=O)([O-])O.[H+]. The van der Waals surface area contributed by atoms with Crippen molar-refractivity contribution in [3.05, 3.63) is 0 Å². The molecule has 0 aromatic carbocycles. The van der Waals surface area contributed by atoms with Crippen LogP contribution in [-0.4, -0.2) is 28.7 Å². The fraction of sp³-hybridized carbons (Fsp3) is 1.00. The van der Waals surface area contributed by atoms with Crippen LogP contribution in [0.1, 0.15) is 74.1 Å². The molecule has 0 saturated heterocycles. The summed E-state index contributed by atoms with van der Waals surface area (Å²) in [5.74, 6) is 1.46. The molecule has 0 spiro atoms. The summed E-state index contributed by atoms with van der Waals surface area (Å²) in [6, 6.07) is 0. The van der Waals surface area contributed by atoms with Crippen LogP contribution in [0.25, 0.3) is 0 Å². The molecule has 5 nitrogen and oxygen atoms in total. The predicted molar refractivity (Wildman–Crippen MR) is 81.4 cm³/mol. The molecule has 0 radical (unpaired) electrons. The van der Waals surface area contributed by atoms with Crippen molar-refractivity contribution in [1.29, 1.82) is 0 Å². The summed E-state index contributed by atoms with van der Waals surface area (Å²) in [7, 11) is -4.92. The fourth-order valence-corrected chi connectivity index (χ4v) is 2.14. The van der Waals surface area contributed by atoms with Gasteiger partial charge in [0.15, 0.2) is 0 Å². The largest absolute Gasteiger partial charge is 1.00 e. The molecule has 0 aromatic rings. The van der Waals surface area contributed by atoms with Crippen LogP contribution in [0.15, 0.2) is 0 Å². The average molecular weight is 312 g/mol. The minimum Gasteiger partial charge on any atom is -0.726 e. The van der Waals surface area contributed by atoms with Crippen molar-refractivity contribution in [3.8, 4) is 0 Å². The van der Waals surface area contributed by atoms with Crippen molar-refractivity contribution in [2.75, 3.05) is 0 Å². The van der Waals surface area contributed by atoms with Crippen molar-refractivity contribution < 1.29 is 24.1 Å². The second-order valence-corrected chi connectivity index (χ2v) is 6.56. The summed E-state index contributed by atoms with van der Waals surface area (Å²) in [6.45, 7) is 8.88. The molecule has 6 heteroatoms. The third kappa shape index (κ3) is 23.0. The average Bonchev–Trinajstić information content (AvgIpc) is 2.26. The Bertz CT molecular complexity index is 298. The van der Waals surface area contributed by atoms with Crippen LogP contribution in [0.5, 0.6) is 0 Å². The molecule has 0 aliphatic heterocycles. The zero-order chi connectivity index (χ0) is 16.2. The minimum absolute atomic E-state index is 0. The number of rotatable bonds is 9. The molecule has 0 aliphatic carbocycles. The number of hydrogen-bond acceptors (Lipinski definition) is 4. The Labute approximate surface area is 125 Å². The van der Waals surface area contributed by atoms with E-state index in [1.54, 1.807) is 0 Å². The van der Waals surface area contributed by atoms with Crippen molar-refractivity contribution in [2.45, 2.75) is 78.7 Å². The van der Waals surface area contributed by atoms with Gasteiger partial charge < -0.3 is 9.66 Å². The molecule has 0 bridgehead atoms. The Kier molecular flexibility index (Phi) is 13.9. The highest BCUT2D eigenvalue weighted by Crippen LogP contribution is 2.21. The summed E-state index contributed by atoms with van der Waals surface area (Å²) in [6.07, 6.45) is 8.37. The monoisotopic (exact) mass is 312 g/mol. The van der Waals surface area contributed by atoms with E-state index in [1.807, 2.05) is 0 Å². The maximum absolute atomic E-state index is 9.79. The van der Waals surface area contributed by atoms with Gasteiger partial charge in [-0.05, 0) is 31.1 Å². The molecule has 124 valence electrons. The van der Waals surface area contributed by atoms with E-state index in [4.69, 9.17) is 17.5 Å². The summed E-state index contributed by atoms with van der Waals surface area (Å²) in [4.78, 5) is 0. The standard InChI is InChI=1S/C14H30O.H2O4S/c1-5-7-8-13(6-2)9-10-14(15)11-12(3)4;1-5(2,3)4/h12-15H,5-11H2,1-4H3;(H2,1,2,3,4). The van der Waals surface area contributed by atoms with E-state index in [-0.39, 0.29) is 7.53 Å². The van der Waals surface area contributed by atoms with Gasteiger partial charge in [-0.2, -0.15) is 0 Å². The maximum atomic E-state index is 9.79. The van der Waals surface area contributed by atoms with Crippen LogP contribution in [0, 0.1) is 11.8 Å². The molecular weight excluding hydrogens is 280 g/mol. The first-order valence-electron chi connectivity index (χ1n) is 7.46. The van der Waals surface area contributed by atoms with E-state index in [9.17, 15) is 5.11 Å². The lowest BCUT2D eigenvalue weighted by molar-refractivity contribution is 0.129. The Morgan fingerprint density at radius 1 is 1.15 bits per heavy atom. The number of aliphatic hydroxyl groups excluding tert-OH is 1. The molecule has 0 heterocycles. The van der Waals surface area contributed by atoms with Gasteiger partial charge in [0, 0.05) is 0 Å². The van der Waals surface area contributed by atoms with Crippen LogP contribution in [0.2, 0.25) is 0 Å². The van der Waals surface area contributed by atoms with Gasteiger partial charge >= 0.3 is 1.43 Å². The highest BCUT2D eigenvalue weighted by Gasteiger charge is 2.11. The Hall–Kier alpha value is -0.170. The van der Waals surface area contributed by atoms with Crippen molar-refractivity contribution in [3.63, 3.8) is 0 Å². The van der Waals surface area contributed by atoms with Gasteiger partial charge in [0.1, 0.15) is 0 Å². The van der Waals surface area contributed by atoms with E-state index in [1.165, 1.54) is 32.1 Å². The molecule has 0 aliphatic rings. The molecule has 0 aromatic heterocycles. The fourth-order valence-electron chi connectivity index (χ4n) is 2.14. The quantitative estimate of drug-likeness (QED) is 0.501. The third-order valence-electron chi connectivity index (χ3n) is 3.19. The van der Waals surface area contributed by atoms with Gasteiger partial charge in [0.25, 0.3) is 0 Å². The third-order valence-corrected chi connectivity index (χ3v) is 3.19. The van der Waals surface area contributed by atoms with E-state index < -0.39 is 10.4 Å². The van der Waals surface area contributed by atoms with Crippen LogP contribution < -0.4 is 0 Å². The Morgan fingerprint density at radius 2 is 1.65 bits per heavy atom. The zero-order valence-electron chi connectivity index (χ0n) is 14.2. The van der Waals surface area contributed by atoms with Crippen molar-refractivity contribution in [2.24, 2.45) is 11.8 Å². The summed E-state index contributed by atoms with van der Waals surface area (Å²) in [5, 5.41) is 9.79. The Morgan fingerprint density at radius 3 is 2.00 bits per heavy atom. The van der Waals surface area contributed by atoms with E-state index in [2.05, 4.69) is 27.7 Å². The molecule has 2 atom stereocenters. The van der Waals surface area contributed by atoms with Gasteiger partial charge in [-0.3, -0.25) is 4.55 Å². The molecule has 2 N–H and O–H groups in total. The van der Waals surface area contributed by atoms with Gasteiger partial charge in [0.2, 0.25) is 10.4 Å². The topological polar surface area (TPSA) is 97.7 Å². The van der Waals surface area contributed by atoms with Crippen LogP contribution in [0.4, 0.5) is 0 Å². The van der Waals surface area contributed by atoms with Crippen LogP contribution in [0.3, 0.4) is 0 Å². The zero-order valence-corrected chi connectivity index (χ0v) is 14.0. The first-order chi connectivity index (χ1) is 9.10. The van der Waals surface area contributed by atoms with Crippen LogP contribution in [-0.2, 0) is 10.4 Å². The van der Waals surface area contributed by atoms with E-state index in [0.717, 1.165) is 18.8 Å². The molecular formula is C14H32O5S. The van der Waals surface area contributed by atoms with Gasteiger partial charge in [-0.25, -0.2) is 8.42 Å². The number of unbranched alkanes of at least 4 members (excludes halogenated alkanes) is 1. The highest BCUT2D eigenvalue weighted by molar-refractivity contribution is 7.79. The summed E-state index contributed by atoms with van der Waals surface area (Å²) < 4.78 is 32.8. The molecule has 0 rings (SSSR count). The van der Waals surface area contributed by atoms with Gasteiger partial charge in [-0.1, -0.05) is 53.4 Å². The minimum atomic E-state index is -4.92. The first kappa shape index (κ1) is 22.1. The predicted octanol–water partition coefficient (Wildman–Crippen LogP) is 3.51. The first-order valence-corrected chi connectivity index (χ1v) is 8.82. The summed E-state index contributed by atoms with van der Waals surface area (Å²) >= 11 is 0. The lowest BCUT2D eigenvalue weighted by Crippen LogP contribution is -2.12. The van der Waals surface area contributed by atoms with Crippen molar-refractivity contribution >= 4 is 10.4 Å². The number of hydrogen-bond donors (Lipinski definition) is 2. The van der Waals surface area contributed by atoms with Gasteiger partial charge in [-0.15, -0.1) is 0 Å². The lowest BCUT2D eigenvalue weighted by Gasteiger charge is -2.18. The second-order valence-electron chi connectivity index (χ2n) is 5.70. The normalized spacial score (nSPS) is 14.6.